The van der Waals surface area contributed by atoms with Crippen LogP contribution in [0.25, 0.3) is 0 Å². The first-order valence-corrected chi connectivity index (χ1v) is 13.0. The summed E-state index contributed by atoms with van der Waals surface area (Å²) in [4.78, 5) is 14.0. The predicted molar refractivity (Wildman–Crippen MR) is 106 cm³/mol. The number of nitrogens with zero attached hydrogens (tertiary/aromatic N) is 3. The lowest BCUT2D eigenvalue weighted by atomic mass is 10.1. The first-order chi connectivity index (χ1) is 13.5. The molecule has 0 saturated carbocycles. The number of alkyl halides is 3. The average molecular weight is 427 g/mol. The number of anilines is 1. The molecule has 0 fully saturated rings. The van der Waals surface area contributed by atoms with Crippen LogP contribution in [0.2, 0.25) is 25.7 Å². The summed E-state index contributed by atoms with van der Waals surface area (Å²) in [5.41, 5.74) is -1.22. The molecule has 0 spiro atoms. The Labute approximate surface area is 167 Å². The van der Waals surface area contributed by atoms with Crippen LogP contribution in [0.3, 0.4) is 0 Å². The molecule has 1 N–H and O–H groups in total. The molecule has 2 aromatic rings. The molecule has 3 rings (SSSR count). The lowest BCUT2D eigenvalue weighted by Gasteiger charge is -2.22. The second-order valence-corrected chi connectivity index (χ2v) is 14.0. The SMILES string of the molecule is C[Si](C)(C)CCOCn1ncc(N2Cc3ccc(O)cc3C2)c(C(F)(F)F)c1=O. The summed E-state index contributed by atoms with van der Waals surface area (Å²) >= 11 is 0. The first kappa shape index (κ1) is 21.4. The standard InChI is InChI=1S/C19H24F3N3O3Si/c1-29(2,3)7-6-28-12-25-18(27)17(19(20,21)22)16(9-23-25)24-10-13-4-5-15(26)8-14(13)11-24/h4-5,8-9,26H,6-7,10-12H2,1-3H3. The summed E-state index contributed by atoms with van der Waals surface area (Å²) in [6.45, 7) is 6.89. The number of ether oxygens (including phenoxy) is 1. The van der Waals surface area contributed by atoms with E-state index in [0.717, 1.165) is 23.4 Å². The van der Waals surface area contributed by atoms with Crippen molar-refractivity contribution in [2.75, 3.05) is 11.5 Å². The highest BCUT2D eigenvalue weighted by molar-refractivity contribution is 6.76. The fourth-order valence-electron chi connectivity index (χ4n) is 3.16. The third kappa shape index (κ3) is 4.99. The number of hydrogen-bond donors (Lipinski definition) is 1. The Bertz CT molecular complexity index is 954. The number of aromatic hydroxyl groups is 1. The zero-order chi connectivity index (χ0) is 21.4. The van der Waals surface area contributed by atoms with Gasteiger partial charge in [-0.05, 0) is 29.3 Å². The van der Waals surface area contributed by atoms with Gasteiger partial charge in [0.25, 0.3) is 5.56 Å². The van der Waals surface area contributed by atoms with Gasteiger partial charge >= 0.3 is 6.18 Å². The predicted octanol–water partition coefficient (Wildman–Crippen LogP) is 3.80. The molecular weight excluding hydrogens is 403 g/mol. The Kier molecular flexibility index (Phi) is 5.77. The minimum Gasteiger partial charge on any atom is -0.508 e. The molecular formula is C19H24F3N3O3Si. The minimum absolute atomic E-state index is 0.0469. The first-order valence-electron chi connectivity index (χ1n) is 9.26. The van der Waals surface area contributed by atoms with Crippen LogP contribution in [-0.2, 0) is 30.7 Å². The fraction of sp³-hybridized carbons (Fsp3) is 0.474. The van der Waals surface area contributed by atoms with Gasteiger partial charge in [0.1, 0.15) is 18.0 Å². The molecule has 29 heavy (non-hydrogen) atoms. The van der Waals surface area contributed by atoms with Crippen molar-refractivity contribution in [3.05, 3.63) is 51.4 Å². The third-order valence-corrected chi connectivity index (χ3v) is 6.47. The van der Waals surface area contributed by atoms with Gasteiger partial charge in [-0.2, -0.15) is 18.3 Å². The molecule has 158 valence electrons. The van der Waals surface area contributed by atoms with Gasteiger partial charge in [-0.3, -0.25) is 4.79 Å². The number of halogens is 3. The second-order valence-electron chi connectivity index (χ2n) is 8.36. The van der Waals surface area contributed by atoms with E-state index in [1.807, 2.05) is 0 Å². The Morgan fingerprint density at radius 2 is 1.90 bits per heavy atom. The number of rotatable bonds is 6. The molecule has 1 aromatic carbocycles. The molecule has 0 amide bonds. The number of phenols is 1. The Morgan fingerprint density at radius 3 is 2.55 bits per heavy atom. The van der Waals surface area contributed by atoms with E-state index in [0.29, 0.717) is 11.3 Å². The molecule has 10 heteroatoms. The minimum atomic E-state index is -4.83. The maximum Gasteiger partial charge on any atom is 0.423 e. The van der Waals surface area contributed by atoms with Crippen LogP contribution in [0.4, 0.5) is 18.9 Å². The second kappa shape index (κ2) is 7.83. The highest BCUT2D eigenvalue weighted by atomic mass is 28.3. The van der Waals surface area contributed by atoms with Crippen LogP contribution in [0.5, 0.6) is 5.75 Å². The van der Waals surface area contributed by atoms with Crippen molar-refractivity contribution in [2.45, 2.75) is 51.7 Å². The van der Waals surface area contributed by atoms with Crippen molar-refractivity contribution in [1.29, 1.82) is 0 Å². The summed E-state index contributed by atoms with van der Waals surface area (Å²) in [5.74, 6) is 0.0469. The van der Waals surface area contributed by atoms with Crippen molar-refractivity contribution in [3.63, 3.8) is 0 Å². The number of hydrogen-bond acceptors (Lipinski definition) is 5. The third-order valence-electron chi connectivity index (χ3n) is 4.77. The monoisotopic (exact) mass is 427 g/mol. The average Bonchev–Trinajstić information content (AvgIpc) is 3.00. The van der Waals surface area contributed by atoms with E-state index in [9.17, 15) is 23.1 Å². The van der Waals surface area contributed by atoms with Gasteiger partial charge in [-0.1, -0.05) is 25.7 Å². The maximum atomic E-state index is 13.7. The number of phenolic OH excluding ortho intramolecular Hbond substituents is 1. The molecule has 0 bridgehead atoms. The van der Waals surface area contributed by atoms with E-state index >= 15 is 0 Å². The lowest BCUT2D eigenvalue weighted by molar-refractivity contribution is -0.138. The van der Waals surface area contributed by atoms with Crippen LogP contribution in [0.1, 0.15) is 16.7 Å². The zero-order valence-corrected chi connectivity index (χ0v) is 17.6. The Balaban J connectivity index is 1.86. The van der Waals surface area contributed by atoms with Gasteiger partial charge in [0.05, 0.1) is 11.9 Å². The van der Waals surface area contributed by atoms with Gasteiger partial charge in [0, 0.05) is 27.8 Å². The van der Waals surface area contributed by atoms with Gasteiger partial charge in [0.2, 0.25) is 0 Å². The van der Waals surface area contributed by atoms with Crippen molar-refractivity contribution in [2.24, 2.45) is 0 Å². The maximum absolute atomic E-state index is 13.7. The molecule has 1 aromatic heterocycles. The molecule has 6 nitrogen and oxygen atoms in total. The Hall–Kier alpha value is -2.33. The number of benzene rings is 1. The van der Waals surface area contributed by atoms with Crippen LogP contribution in [0, 0.1) is 0 Å². The topological polar surface area (TPSA) is 67.6 Å². The van der Waals surface area contributed by atoms with Crippen molar-refractivity contribution >= 4 is 13.8 Å². The number of aromatic nitrogens is 2. The van der Waals surface area contributed by atoms with Crippen molar-refractivity contribution < 1.29 is 23.0 Å². The molecule has 1 aliphatic heterocycles. The molecule has 2 heterocycles. The van der Waals surface area contributed by atoms with Crippen LogP contribution in [0.15, 0.2) is 29.2 Å². The molecule has 0 radical (unpaired) electrons. The number of fused-ring (bicyclic) bond motifs is 1. The van der Waals surface area contributed by atoms with Gasteiger partial charge in [-0.15, -0.1) is 0 Å². The normalized spacial score (nSPS) is 14.3. The molecule has 0 aliphatic carbocycles. The quantitative estimate of drug-likeness (QED) is 0.561. The van der Waals surface area contributed by atoms with Gasteiger partial charge < -0.3 is 14.7 Å². The largest absolute Gasteiger partial charge is 0.508 e. The van der Waals surface area contributed by atoms with Gasteiger partial charge in [-0.25, -0.2) is 4.68 Å². The van der Waals surface area contributed by atoms with E-state index < -0.39 is 25.4 Å². The molecule has 0 atom stereocenters. The zero-order valence-electron chi connectivity index (χ0n) is 16.6. The lowest BCUT2D eigenvalue weighted by Crippen LogP contribution is -2.34. The summed E-state index contributed by atoms with van der Waals surface area (Å²) in [6, 6.07) is 5.51. The van der Waals surface area contributed by atoms with Gasteiger partial charge in [0.15, 0.2) is 0 Å². The van der Waals surface area contributed by atoms with E-state index in [4.69, 9.17) is 4.74 Å². The summed E-state index contributed by atoms with van der Waals surface area (Å²) in [6.07, 6.45) is -3.76. The highest BCUT2D eigenvalue weighted by Crippen LogP contribution is 2.37. The molecule has 0 unspecified atom stereocenters. The van der Waals surface area contributed by atoms with Crippen molar-refractivity contribution in [1.82, 2.24) is 9.78 Å². The highest BCUT2D eigenvalue weighted by Gasteiger charge is 2.40. The van der Waals surface area contributed by atoms with E-state index in [1.54, 1.807) is 6.07 Å². The van der Waals surface area contributed by atoms with E-state index in [2.05, 4.69) is 24.7 Å². The van der Waals surface area contributed by atoms with Crippen molar-refractivity contribution in [3.8, 4) is 5.75 Å². The summed E-state index contributed by atoms with van der Waals surface area (Å²) < 4.78 is 47.3. The molecule has 1 aliphatic rings. The molecule has 0 saturated heterocycles. The Morgan fingerprint density at radius 1 is 1.21 bits per heavy atom. The summed E-state index contributed by atoms with van der Waals surface area (Å²) in [7, 11) is -1.35. The van der Waals surface area contributed by atoms with Crippen LogP contribution in [-0.4, -0.2) is 29.6 Å². The fourth-order valence-corrected chi connectivity index (χ4v) is 3.92. The smallest absolute Gasteiger partial charge is 0.423 e. The summed E-state index contributed by atoms with van der Waals surface area (Å²) in [5, 5.41) is 13.5. The van der Waals surface area contributed by atoms with E-state index in [-0.39, 0.29) is 31.3 Å². The van der Waals surface area contributed by atoms with Crippen LogP contribution >= 0.6 is 0 Å². The van der Waals surface area contributed by atoms with Crippen LogP contribution < -0.4 is 10.5 Å². The van der Waals surface area contributed by atoms with E-state index in [1.165, 1.54) is 17.0 Å².